The van der Waals surface area contributed by atoms with Crippen LogP contribution in [0.1, 0.15) is 39.0 Å². The van der Waals surface area contributed by atoms with Gasteiger partial charge in [-0.15, -0.1) is 0 Å². The van der Waals surface area contributed by atoms with Crippen molar-refractivity contribution in [2.75, 3.05) is 11.9 Å². The standard InChI is InChI=1S/C16H22BrNO2/c1-2-20-16(19)15(12-6-4-3-5-7-12)18-14-10-8-13(17)9-11-14/h8-12,15,18H,2-7H2,1H3. The molecule has 1 unspecified atom stereocenters. The van der Waals surface area contributed by atoms with Crippen molar-refractivity contribution in [2.24, 2.45) is 5.92 Å². The van der Waals surface area contributed by atoms with E-state index in [0.717, 1.165) is 23.0 Å². The first-order valence-electron chi connectivity index (χ1n) is 7.39. The summed E-state index contributed by atoms with van der Waals surface area (Å²) in [5, 5.41) is 3.37. The molecule has 1 atom stereocenters. The van der Waals surface area contributed by atoms with Gasteiger partial charge in [0.25, 0.3) is 0 Å². The van der Waals surface area contributed by atoms with Crippen LogP contribution in [0.5, 0.6) is 0 Å². The molecule has 3 nitrogen and oxygen atoms in total. The monoisotopic (exact) mass is 339 g/mol. The van der Waals surface area contributed by atoms with E-state index < -0.39 is 0 Å². The van der Waals surface area contributed by atoms with Crippen molar-refractivity contribution in [1.82, 2.24) is 0 Å². The number of carbonyl (C=O) groups excluding carboxylic acids is 1. The smallest absolute Gasteiger partial charge is 0.328 e. The molecule has 1 aromatic carbocycles. The van der Waals surface area contributed by atoms with Crippen LogP contribution >= 0.6 is 15.9 Å². The van der Waals surface area contributed by atoms with Gasteiger partial charge >= 0.3 is 5.97 Å². The third-order valence-electron chi connectivity index (χ3n) is 3.83. The maximum Gasteiger partial charge on any atom is 0.328 e. The Balaban J connectivity index is 2.08. The molecule has 1 aliphatic carbocycles. The van der Waals surface area contributed by atoms with Crippen LogP contribution in [0.25, 0.3) is 0 Å². The molecule has 20 heavy (non-hydrogen) atoms. The van der Waals surface area contributed by atoms with Crippen molar-refractivity contribution in [1.29, 1.82) is 0 Å². The van der Waals surface area contributed by atoms with Crippen LogP contribution in [0.15, 0.2) is 28.7 Å². The maximum atomic E-state index is 12.2. The molecule has 110 valence electrons. The minimum Gasteiger partial charge on any atom is -0.464 e. The van der Waals surface area contributed by atoms with E-state index in [9.17, 15) is 4.79 Å². The van der Waals surface area contributed by atoms with Crippen molar-refractivity contribution in [3.05, 3.63) is 28.7 Å². The molecule has 1 aromatic rings. The van der Waals surface area contributed by atoms with Crippen LogP contribution in [0, 0.1) is 5.92 Å². The molecular formula is C16H22BrNO2. The van der Waals surface area contributed by atoms with E-state index in [1.54, 1.807) is 0 Å². The Morgan fingerprint density at radius 3 is 2.55 bits per heavy atom. The van der Waals surface area contributed by atoms with Crippen LogP contribution in [-0.4, -0.2) is 18.6 Å². The quantitative estimate of drug-likeness (QED) is 0.809. The average Bonchev–Trinajstić information content (AvgIpc) is 2.48. The van der Waals surface area contributed by atoms with E-state index >= 15 is 0 Å². The molecular weight excluding hydrogens is 318 g/mol. The predicted molar refractivity (Wildman–Crippen MR) is 84.8 cm³/mol. The fourth-order valence-corrected chi connectivity index (χ4v) is 3.06. The van der Waals surface area contributed by atoms with Gasteiger partial charge in [-0.1, -0.05) is 35.2 Å². The number of anilines is 1. The van der Waals surface area contributed by atoms with Gasteiger partial charge in [-0.05, 0) is 49.9 Å². The van der Waals surface area contributed by atoms with Gasteiger partial charge in [-0.3, -0.25) is 0 Å². The van der Waals surface area contributed by atoms with Crippen LogP contribution in [-0.2, 0) is 9.53 Å². The largest absolute Gasteiger partial charge is 0.464 e. The fraction of sp³-hybridized carbons (Fsp3) is 0.562. The second kappa shape index (κ2) is 7.67. The molecule has 1 saturated carbocycles. The summed E-state index contributed by atoms with van der Waals surface area (Å²) in [4.78, 5) is 12.2. The zero-order chi connectivity index (χ0) is 14.4. The van der Waals surface area contributed by atoms with Gasteiger partial charge in [0, 0.05) is 10.2 Å². The van der Waals surface area contributed by atoms with Crippen LogP contribution in [0.2, 0.25) is 0 Å². The molecule has 2 rings (SSSR count). The highest BCUT2D eigenvalue weighted by molar-refractivity contribution is 9.10. The third-order valence-corrected chi connectivity index (χ3v) is 4.36. The van der Waals surface area contributed by atoms with Gasteiger partial charge in [-0.2, -0.15) is 0 Å². The number of hydrogen-bond donors (Lipinski definition) is 1. The van der Waals surface area contributed by atoms with Crippen molar-refractivity contribution < 1.29 is 9.53 Å². The van der Waals surface area contributed by atoms with Crippen LogP contribution in [0.3, 0.4) is 0 Å². The maximum absolute atomic E-state index is 12.2. The van der Waals surface area contributed by atoms with Gasteiger partial charge in [-0.25, -0.2) is 4.79 Å². The molecule has 0 heterocycles. The lowest BCUT2D eigenvalue weighted by Crippen LogP contribution is -2.39. The highest BCUT2D eigenvalue weighted by atomic mass is 79.9. The number of hydrogen-bond acceptors (Lipinski definition) is 3. The number of esters is 1. The zero-order valence-corrected chi connectivity index (χ0v) is 13.5. The number of halogens is 1. The number of carbonyl (C=O) groups is 1. The SMILES string of the molecule is CCOC(=O)C(Nc1ccc(Br)cc1)C1CCCCC1. The first-order valence-corrected chi connectivity index (χ1v) is 8.18. The van der Waals surface area contributed by atoms with Crippen molar-refractivity contribution >= 4 is 27.6 Å². The zero-order valence-electron chi connectivity index (χ0n) is 11.9. The molecule has 1 fully saturated rings. The second-order valence-electron chi connectivity index (χ2n) is 5.28. The van der Waals surface area contributed by atoms with Gasteiger partial charge in [0.15, 0.2) is 0 Å². The Labute approximate surface area is 129 Å². The summed E-state index contributed by atoms with van der Waals surface area (Å²) in [5.41, 5.74) is 0.969. The lowest BCUT2D eigenvalue weighted by atomic mass is 9.83. The minimum atomic E-state index is -0.226. The highest BCUT2D eigenvalue weighted by Crippen LogP contribution is 2.29. The molecule has 0 aliphatic heterocycles. The molecule has 0 amide bonds. The van der Waals surface area contributed by atoms with Crippen molar-refractivity contribution in [3.63, 3.8) is 0 Å². The first-order chi connectivity index (χ1) is 9.70. The van der Waals surface area contributed by atoms with Crippen LogP contribution in [0.4, 0.5) is 5.69 Å². The summed E-state index contributed by atoms with van der Waals surface area (Å²) in [6, 6.07) is 7.70. The molecule has 4 heteroatoms. The summed E-state index contributed by atoms with van der Waals surface area (Å²) in [5.74, 6) is 0.258. The van der Waals surface area contributed by atoms with E-state index in [1.807, 2.05) is 31.2 Å². The first kappa shape index (κ1) is 15.4. The summed E-state index contributed by atoms with van der Waals surface area (Å²) in [7, 11) is 0. The van der Waals surface area contributed by atoms with Crippen molar-refractivity contribution in [2.45, 2.75) is 45.1 Å². The van der Waals surface area contributed by atoms with Gasteiger partial charge in [0.2, 0.25) is 0 Å². The van der Waals surface area contributed by atoms with Gasteiger partial charge < -0.3 is 10.1 Å². The Kier molecular flexibility index (Phi) is 5.89. The molecule has 1 aliphatic rings. The second-order valence-corrected chi connectivity index (χ2v) is 6.19. The van der Waals surface area contributed by atoms with Gasteiger partial charge in [0.1, 0.15) is 6.04 Å². The van der Waals surface area contributed by atoms with E-state index in [0.29, 0.717) is 12.5 Å². The number of rotatable bonds is 5. The molecule has 0 bridgehead atoms. The molecule has 0 aromatic heterocycles. The summed E-state index contributed by atoms with van der Waals surface area (Å²) in [6.07, 6.45) is 5.91. The summed E-state index contributed by atoms with van der Waals surface area (Å²) >= 11 is 3.42. The van der Waals surface area contributed by atoms with E-state index in [-0.39, 0.29) is 12.0 Å². The summed E-state index contributed by atoms with van der Waals surface area (Å²) in [6.45, 7) is 2.29. The minimum absolute atomic E-state index is 0.123. The topological polar surface area (TPSA) is 38.3 Å². The number of ether oxygens (including phenoxy) is 1. The van der Waals surface area contributed by atoms with Gasteiger partial charge in [0.05, 0.1) is 6.61 Å². The Morgan fingerprint density at radius 1 is 1.30 bits per heavy atom. The number of nitrogens with one attached hydrogen (secondary N) is 1. The van der Waals surface area contributed by atoms with E-state index in [2.05, 4.69) is 21.2 Å². The normalized spacial score (nSPS) is 17.5. The molecule has 1 N–H and O–H groups in total. The molecule has 0 radical (unpaired) electrons. The summed E-state index contributed by atoms with van der Waals surface area (Å²) < 4.78 is 6.28. The molecule has 0 spiro atoms. The Bertz CT molecular complexity index is 427. The van der Waals surface area contributed by atoms with Crippen LogP contribution < -0.4 is 5.32 Å². The highest BCUT2D eigenvalue weighted by Gasteiger charge is 2.30. The lowest BCUT2D eigenvalue weighted by Gasteiger charge is -2.30. The third kappa shape index (κ3) is 4.23. The Morgan fingerprint density at radius 2 is 1.95 bits per heavy atom. The molecule has 0 saturated heterocycles. The lowest BCUT2D eigenvalue weighted by molar-refractivity contribution is -0.145. The number of benzene rings is 1. The van der Waals surface area contributed by atoms with E-state index in [4.69, 9.17) is 4.74 Å². The van der Waals surface area contributed by atoms with E-state index in [1.165, 1.54) is 19.3 Å². The predicted octanol–water partition coefficient (Wildman–Crippen LogP) is 4.37. The fourth-order valence-electron chi connectivity index (χ4n) is 2.79. The average molecular weight is 340 g/mol. The van der Waals surface area contributed by atoms with Crippen molar-refractivity contribution in [3.8, 4) is 0 Å². The Hall–Kier alpha value is -1.03.